The fraction of sp³-hybridized carbons (Fsp3) is 0.755. The van der Waals surface area contributed by atoms with Crippen LogP contribution in [0.25, 0.3) is 0 Å². The molecule has 0 saturated carbocycles. The number of unbranched alkanes of at least 4 members (excludes halogenated alkanes) is 26. The Morgan fingerprint density at radius 2 is 0.695 bits per heavy atom. The van der Waals surface area contributed by atoms with E-state index in [0.29, 0.717) is 19.3 Å². The lowest BCUT2D eigenvalue weighted by molar-refractivity contribution is -0.167. The van der Waals surface area contributed by atoms with Crippen molar-refractivity contribution in [3.05, 3.63) is 60.8 Å². The van der Waals surface area contributed by atoms with Crippen LogP contribution in [0.4, 0.5) is 0 Å². The molecule has 0 spiro atoms. The number of allylic oxidation sites excluding steroid dienone is 10. The monoisotopic (exact) mass is 825 g/mol. The minimum Gasteiger partial charge on any atom is -0.462 e. The van der Waals surface area contributed by atoms with Gasteiger partial charge in [0.25, 0.3) is 0 Å². The van der Waals surface area contributed by atoms with Crippen LogP contribution in [0.2, 0.25) is 0 Å². The Labute approximate surface area is 364 Å². The van der Waals surface area contributed by atoms with Crippen molar-refractivity contribution in [2.45, 2.75) is 245 Å². The molecule has 0 amide bonds. The molecule has 0 aliphatic rings. The van der Waals surface area contributed by atoms with E-state index >= 15 is 0 Å². The molecule has 6 nitrogen and oxygen atoms in total. The topological polar surface area (TPSA) is 78.9 Å². The highest BCUT2D eigenvalue weighted by Crippen LogP contribution is 2.15. The van der Waals surface area contributed by atoms with E-state index in [2.05, 4.69) is 63.3 Å². The molecule has 59 heavy (non-hydrogen) atoms. The van der Waals surface area contributed by atoms with Crippen molar-refractivity contribution in [2.75, 3.05) is 13.2 Å². The standard InChI is InChI=1S/C53H92O6/c1-4-7-10-13-16-19-22-24-26-28-31-34-37-40-43-46-52(55)58-49-50(48-57-51(54)45-42-39-36-33-30-21-18-15-12-9-6-3)59-53(56)47-44-41-38-35-32-29-27-25-23-20-17-14-11-8-5-2/h7,10,13,15-16,18-19,22,24,26,50H,4-6,8-9,11-12,14,17,20-21,23,25,27-49H2,1-3H3/b10-7-,16-13-,18-15-,22-19-,26-24-. The summed E-state index contributed by atoms with van der Waals surface area (Å²) in [6.07, 6.45) is 57.7. The third kappa shape index (κ3) is 46.0. The third-order valence-corrected chi connectivity index (χ3v) is 10.6. The van der Waals surface area contributed by atoms with Crippen molar-refractivity contribution in [1.82, 2.24) is 0 Å². The summed E-state index contributed by atoms with van der Waals surface area (Å²) in [4.78, 5) is 37.9. The molecule has 0 aromatic carbocycles. The van der Waals surface area contributed by atoms with Gasteiger partial charge in [-0.25, -0.2) is 0 Å². The summed E-state index contributed by atoms with van der Waals surface area (Å²) in [5.74, 6) is -0.914. The predicted molar refractivity (Wildman–Crippen MR) is 251 cm³/mol. The molecular formula is C53H92O6. The zero-order chi connectivity index (χ0) is 43.0. The molecule has 6 heteroatoms. The molecule has 1 atom stereocenters. The van der Waals surface area contributed by atoms with Gasteiger partial charge in [0.2, 0.25) is 0 Å². The molecule has 0 rings (SSSR count). The fourth-order valence-corrected chi connectivity index (χ4v) is 6.85. The van der Waals surface area contributed by atoms with E-state index in [0.717, 1.165) is 89.9 Å². The highest BCUT2D eigenvalue weighted by molar-refractivity contribution is 5.71. The molecule has 0 aliphatic heterocycles. The average Bonchev–Trinajstić information content (AvgIpc) is 3.23. The zero-order valence-corrected chi connectivity index (χ0v) is 38.8. The quantitative estimate of drug-likeness (QED) is 0.0200. The van der Waals surface area contributed by atoms with E-state index in [1.54, 1.807) is 0 Å². The lowest BCUT2D eigenvalue weighted by atomic mass is 10.0. The number of rotatable bonds is 44. The number of carbonyl (C=O) groups is 3. The maximum Gasteiger partial charge on any atom is 0.306 e. The first-order valence-electron chi connectivity index (χ1n) is 24.8. The van der Waals surface area contributed by atoms with Crippen LogP contribution in [0.15, 0.2) is 60.8 Å². The highest BCUT2D eigenvalue weighted by Gasteiger charge is 2.19. The first-order valence-corrected chi connectivity index (χ1v) is 24.8. The first-order chi connectivity index (χ1) is 29.0. The van der Waals surface area contributed by atoms with Gasteiger partial charge >= 0.3 is 17.9 Å². The Balaban J connectivity index is 4.40. The average molecular weight is 825 g/mol. The second-order valence-corrected chi connectivity index (χ2v) is 16.4. The fourth-order valence-electron chi connectivity index (χ4n) is 6.85. The van der Waals surface area contributed by atoms with Gasteiger partial charge in [-0.1, -0.05) is 223 Å². The van der Waals surface area contributed by atoms with Crippen molar-refractivity contribution in [3.8, 4) is 0 Å². The summed E-state index contributed by atoms with van der Waals surface area (Å²) in [5, 5.41) is 0. The smallest absolute Gasteiger partial charge is 0.306 e. The summed E-state index contributed by atoms with van der Waals surface area (Å²) in [5.41, 5.74) is 0. The summed E-state index contributed by atoms with van der Waals surface area (Å²) in [6.45, 7) is 6.44. The normalized spacial score (nSPS) is 12.5. The van der Waals surface area contributed by atoms with E-state index in [4.69, 9.17) is 14.2 Å². The Morgan fingerprint density at radius 3 is 1.14 bits per heavy atom. The second-order valence-electron chi connectivity index (χ2n) is 16.4. The molecule has 0 aromatic rings. The first kappa shape index (κ1) is 56.1. The minimum absolute atomic E-state index is 0.0850. The van der Waals surface area contributed by atoms with Gasteiger partial charge in [0.05, 0.1) is 0 Å². The molecule has 1 unspecified atom stereocenters. The van der Waals surface area contributed by atoms with Gasteiger partial charge < -0.3 is 14.2 Å². The van der Waals surface area contributed by atoms with Crippen LogP contribution in [0.1, 0.15) is 239 Å². The van der Waals surface area contributed by atoms with Gasteiger partial charge in [-0.2, -0.15) is 0 Å². The maximum atomic E-state index is 12.8. The maximum absolute atomic E-state index is 12.8. The van der Waals surface area contributed by atoms with Crippen molar-refractivity contribution >= 4 is 17.9 Å². The second kappa shape index (κ2) is 47.8. The summed E-state index contributed by atoms with van der Waals surface area (Å²) >= 11 is 0. The van der Waals surface area contributed by atoms with Crippen LogP contribution in [0.5, 0.6) is 0 Å². The van der Waals surface area contributed by atoms with E-state index in [-0.39, 0.29) is 31.1 Å². The molecule has 0 radical (unpaired) electrons. The molecule has 340 valence electrons. The molecule has 0 fully saturated rings. The lowest BCUT2D eigenvalue weighted by Crippen LogP contribution is -2.30. The number of carbonyl (C=O) groups excluding carboxylic acids is 3. The van der Waals surface area contributed by atoms with Crippen molar-refractivity contribution < 1.29 is 28.6 Å². The van der Waals surface area contributed by atoms with Crippen LogP contribution >= 0.6 is 0 Å². The molecular weight excluding hydrogens is 733 g/mol. The van der Waals surface area contributed by atoms with E-state index < -0.39 is 6.10 Å². The molecule has 0 aromatic heterocycles. The third-order valence-electron chi connectivity index (χ3n) is 10.6. The predicted octanol–water partition coefficient (Wildman–Crippen LogP) is 16.1. The van der Waals surface area contributed by atoms with Gasteiger partial charge in [-0.3, -0.25) is 14.4 Å². The van der Waals surface area contributed by atoms with Crippen LogP contribution in [-0.4, -0.2) is 37.2 Å². The van der Waals surface area contributed by atoms with Crippen molar-refractivity contribution in [1.29, 1.82) is 0 Å². The van der Waals surface area contributed by atoms with Gasteiger partial charge in [0.1, 0.15) is 13.2 Å². The van der Waals surface area contributed by atoms with Crippen molar-refractivity contribution in [2.24, 2.45) is 0 Å². The number of hydrogen-bond acceptors (Lipinski definition) is 6. The largest absolute Gasteiger partial charge is 0.462 e. The van der Waals surface area contributed by atoms with Gasteiger partial charge in [0.15, 0.2) is 6.10 Å². The van der Waals surface area contributed by atoms with Gasteiger partial charge in [-0.15, -0.1) is 0 Å². The molecule has 0 bridgehead atoms. The van der Waals surface area contributed by atoms with Gasteiger partial charge in [0, 0.05) is 19.3 Å². The van der Waals surface area contributed by atoms with E-state index in [9.17, 15) is 14.4 Å². The molecule has 0 N–H and O–H groups in total. The Kier molecular flexibility index (Phi) is 45.4. The van der Waals surface area contributed by atoms with E-state index in [1.807, 2.05) is 18.2 Å². The van der Waals surface area contributed by atoms with Crippen LogP contribution in [0.3, 0.4) is 0 Å². The van der Waals surface area contributed by atoms with Crippen LogP contribution < -0.4 is 0 Å². The van der Waals surface area contributed by atoms with Gasteiger partial charge in [-0.05, 0) is 57.8 Å². The number of hydrogen-bond donors (Lipinski definition) is 0. The van der Waals surface area contributed by atoms with Crippen molar-refractivity contribution in [3.63, 3.8) is 0 Å². The molecule has 0 heterocycles. The number of esters is 3. The zero-order valence-electron chi connectivity index (χ0n) is 38.8. The number of ether oxygens (including phenoxy) is 3. The van der Waals surface area contributed by atoms with E-state index in [1.165, 1.54) is 109 Å². The molecule has 0 saturated heterocycles. The van der Waals surface area contributed by atoms with Crippen LogP contribution in [0, 0.1) is 0 Å². The Bertz CT molecular complexity index is 1090. The SMILES string of the molecule is CC\C=C/C=C\C=C/C=C\CCCCCCCC(=O)OCC(COC(=O)CCCCCCC/C=C\CCCC)OC(=O)CCCCCCCCCCCCCCCCC. The summed E-state index contributed by atoms with van der Waals surface area (Å²) in [7, 11) is 0. The summed E-state index contributed by atoms with van der Waals surface area (Å²) in [6, 6.07) is 0. The Morgan fingerprint density at radius 1 is 0.356 bits per heavy atom. The lowest BCUT2D eigenvalue weighted by Gasteiger charge is -2.18. The minimum atomic E-state index is -0.783. The summed E-state index contributed by atoms with van der Waals surface area (Å²) < 4.78 is 16.7. The highest BCUT2D eigenvalue weighted by atomic mass is 16.6. The molecule has 0 aliphatic carbocycles. The Hall–Kier alpha value is -2.89. The van der Waals surface area contributed by atoms with Crippen LogP contribution in [-0.2, 0) is 28.6 Å².